The molecule has 0 saturated carbocycles. The highest BCUT2D eigenvalue weighted by Gasteiger charge is 2.11. The fourth-order valence-corrected chi connectivity index (χ4v) is 1.35. The summed E-state index contributed by atoms with van der Waals surface area (Å²) in [6, 6.07) is 4.00. The second-order valence-corrected chi connectivity index (χ2v) is 3.18. The van der Waals surface area contributed by atoms with Crippen LogP contribution < -0.4 is 4.52 Å². The molecule has 0 amide bonds. The molecule has 0 aliphatic carbocycles. The molecule has 0 saturated heterocycles. The second kappa shape index (κ2) is 2.59. The number of aromatic amines is 1. The first-order valence-electron chi connectivity index (χ1n) is 4.13. The summed E-state index contributed by atoms with van der Waals surface area (Å²) >= 11 is 0. The molecule has 0 radical (unpaired) electrons. The lowest BCUT2D eigenvalue weighted by Crippen LogP contribution is -2.30. The number of nitrogens with one attached hydrogen (secondary N) is 1. The summed E-state index contributed by atoms with van der Waals surface area (Å²) in [6.07, 6.45) is 3.74. The Bertz CT molecular complexity index is 389. The van der Waals surface area contributed by atoms with Gasteiger partial charge in [-0.2, -0.15) is 0 Å². The van der Waals surface area contributed by atoms with Crippen LogP contribution in [0.2, 0.25) is 0 Å². The van der Waals surface area contributed by atoms with Gasteiger partial charge in [0.1, 0.15) is 11.9 Å². The summed E-state index contributed by atoms with van der Waals surface area (Å²) in [4.78, 5) is 4.22. The Morgan fingerprint density at radius 1 is 1.42 bits per heavy atom. The van der Waals surface area contributed by atoms with Crippen LogP contribution in [0.25, 0.3) is 5.65 Å². The molecule has 0 aliphatic rings. The van der Waals surface area contributed by atoms with Crippen LogP contribution in [-0.2, 0) is 0 Å². The van der Waals surface area contributed by atoms with Gasteiger partial charge in [-0.1, -0.05) is 13.8 Å². The molecule has 0 spiro atoms. The van der Waals surface area contributed by atoms with Gasteiger partial charge in [0.05, 0.1) is 6.07 Å². The van der Waals surface area contributed by atoms with Gasteiger partial charge in [-0.25, -0.2) is 5.10 Å². The molecule has 0 fully saturated rings. The fraction of sp³-hybridized carbons (Fsp3) is 0.333. The van der Waals surface area contributed by atoms with Crippen molar-refractivity contribution in [3.8, 4) is 0 Å². The highest BCUT2D eigenvalue weighted by molar-refractivity contribution is 5.26. The van der Waals surface area contributed by atoms with Crippen LogP contribution in [0.15, 0.2) is 24.5 Å². The Hall–Kier alpha value is -1.38. The first-order valence-corrected chi connectivity index (χ1v) is 4.13. The number of hydrogen-bond donors (Lipinski definition) is 1. The smallest absolute Gasteiger partial charge is 0.231 e. The van der Waals surface area contributed by atoms with Gasteiger partial charge < -0.3 is 0 Å². The third kappa shape index (κ3) is 0.978. The molecule has 0 atom stereocenters. The summed E-state index contributed by atoms with van der Waals surface area (Å²) < 4.78 is 2.00. The Balaban J connectivity index is 2.73. The third-order valence-electron chi connectivity index (χ3n) is 1.97. The lowest BCUT2D eigenvalue weighted by molar-refractivity contribution is -0.589. The van der Waals surface area contributed by atoms with Crippen molar-refractivity contribution in [2.75, 3.05) is 0 Å². The summed E-state index contributed by atoms with van der Waals surface area (Å²) in [5.74, 6) is 0.513. The van der Waals surface area contributed by atoms with Crippen LogP contribution in [0.4, 0.5) is 0 Å². The van der Waals surface area contributed by atoms with Gasteiger partial charge in [-0.05, 0) is 4.98 Å². The zero-order valence-corrected chi connectivity index (χ0v) is 7.28. The van der Waals surface area contributed by atoms with E-state index in [1.807, 2.05) is 29.0 Å². The van der Waals surface area contributed by atoms with E-state index in [4.69, 9.17) is 0 Å². The van der Waals surface area contributed by atoms with Crippen LogP contribution in [0.1, 0.15) is 25.5 Å². The topological polar surface area (TPSA) is 32.8 Å². The lowest BCUT2D eigenvalue weighted by atomic mass is 10.1. The van der Waals surface area contributed by atoms with Gasteiger partial charge in [0.15, 0.2) is 0 Å². The summed E-state index contributed by atoms with van der Waals surface area (Å²) in [5, 5.41) is 3.12. The van der Waals surface area contributed by atoms with Crippen LogP contribution in [-0.4, -0.2) is 10.1 Å². The van der Waals surface area contributed by atoms with E-state index in [0.29, 0.717) is 5.92 Å². The summed E-state index contributed by atoms with van der Waals surface area (Å²) in [7, 11) is 0. The minimum atomic E-state index is 0.513. The van der Waals surface area contributed by atoms with Crippen molar-refractivity contribution >= 4 is 5.65 Å². The molecule has 0 aromatic carbocycles. The first-order chi connectivity index (χ1) is 5.79. The average Bonchev–Trinajstić information content (AvgIpc) is 2.49. The molecule has 3 heteroatoms. The maximum Gasteiger partial charge on any atom is 0.347 e. The van der Waals surface area contributed by atoms with E-state index in [-0.39, 0.29) is 0 Å². The molecule has 3 nitrogen and oxygen atoms in total. The zero-order chi connectivity index (χ0) is 8.55. The number of nitrogens with zero attached hydrogens (tertiary/aromatic N) is 2. The Labute approximate surface area is 71.1 Å². The number of H-pyrrole nitrogens is 1. The van der Waals surface area contributed by atoms with E-state index in [1.165, 1.54) is 5.69 Å². The number of rotatable bonds is 1. The number of aromatic nitrogens is 3. The van der Waals surface area contributed by atoms with Gasteiger partial charge in [-0.15, -0.1) is 4.52 Å². The van der Waals surface area contributed by atoms with Crippen molar-refractivity contribution in [2.45, 2.75) is 19.8 Å². The normalized spacial score (nSPS) is 11.2. The van der Waals surface area contributed by atoms with Crippen molar-refractivity contribution in [1.29, 1.82) is 0 Å². The minimum absolute atomic E-state index is 0.513. The average molecular weight is 162 g/mol. The number of hydrogen-bond acceptors (Lipinski definition) is 1. The molecule has 2 heterocycles. The van der Waals surface area contributed by atoms with Crippen LogP contribution >= 0.6 is 0 Å². The molecule has 12 heavy (non-hydrogen) atoms. The SMILES string of the molecule is CC(C)c1ccnc2cc[nH][n+]12. The largest absolute Gasteiger partial charge is 0.347 e. The summed E-state index contributed by atoms with van der Waals surface area (Å²) in [6.45, 7) is 4.34. The van der Waals surface area contributed by atoms with E-state index >= 15 is 0 Å². The summed E-state index contributed by atoms with van der Waals surface area (Å²) in [5.41, 5.74) is 2.23. The van der Waals surface area contributed by atoms with Crippen molar-refractivity contribution < 1.29 is 4.52 Å². The van der Waals surface area contributed by atoms with Crippen molar-refractivity contribution in [3.05, 3.63) is 30.2 Å². The first kappa shape index (κ1) is 7.28. The van der Waals surface area contributed by atoms with Crippen molar-refractivity contribution in [1.82, 2.24) is 10.1 Å². The van der Waals surface area contributed by atoms with Gasteiger partial charge in [0.25, 0.3) is 0 Å². The Morgan fingerprint density at radius 2 is 2.25 bits per heavy atom. The van der Waals surface area contributed by atoms with Gasteiger partial charge in [0.2, 0.25) is 0 Å². The lowest BCUT2D eigenvalue weighted by Gasteiger charge is -1.99. The third-order valence-corrected chi connectivity index (χ3v) is 1.97. The Kier molecular flexibility index (Phi) is 1.57. The molecule has 2 aromatic heterocycles. The van der Waals surface area contributed by atoms with Crippen molar-refractivity contribution in [3.63, 3.8) is 0 Å². The minimum Gasteiger partial charge on any atom is -0.231 e. The predicted octanol–water partition coefficient (Wildman–Crippen LogP) is 1.27. The van der Waals surface area contributed by atoms with Crippen molar-refractivity contribution in [2.24, 2.45) is 0 Å². The van der Waals surface area contributed by atoms with Crippen LogP contribution in [0.5, 0.6) is 0 Å². The van der Waals surface area contributed by atoms with E-state index < -0.39 is 0 Å². The number of fused-ring (bicyclic) bond motifs is 1. The predicted molar refractivity (Wildman–Crippen MR) is 45.8 cm³/mol. The highest BCUT2D eigenvalue weighted by atomic mass is 15.2. The van der Waals surface area contributed by atoms with E-state index in [0.717, 1.165) is 5.65 Å². The van der Waals surface area contributed by atoms with Gasteiger partial charge >= 0.3 is 5.65 Å². The molecule has 0 aliphatic heterocycles. The maximum atomic E-state index is 4.22. The van der Waals surface area contributed by atoms with E-state index in [2.05, 4.69) is 23.9 Å². The fourth-order valence-electron chi connectivity index (χ4n) is 1.35. The molecule has 0 unspecified atom stereocenters. The molecule has 2 rings (SSSR count). The monoisotopic (exact) mass is 162 g/mol. The molecule has 2 aromatic rings. The standard InChI is InChI=1S/C9H11N3/c1-7(2)8-3-5-10-9-4-6-11-12(8)9/h3-7H,1-2H3/p+1. The Morgan fingerprint density at radius 3 is 3.00 bits per heavy atom. The molecule has 62 valence electrons. The van der Waals surface area contributed by atoms with E-state index in [1.54, 1.807) is 0 Å². The molecular weight excluding hydrogens is 150 g/mol. The molecule has 1 N–H and O–H groups in total. The van der Waals surface area contributed by atoms with Crippen LogP contribution in [0.3, 0.4) is 0 Å². The quantitative estimate of drug-likeness (QED) is 0.629. The van der Waals surface area contributed by atoms with Gasteiger partial charge in [0, 0.05) is 18.2 Å². The van der Waals surface area contributed by atoms with E-state index in [9.17, 15) is 0 Å². The zero-order valence-electron chi connectivity index (χ0n) is 7.28. The molecular formula is C9H12N3+. The molecule has 0 bridgehead atoms. The van der Waals surface area contributed by atoms with Gasteiger partial charge in [-0.3, -0.25) is 0 Å². The second-order valence-electron chi connectivity index (χ2n) is 3.18. The highest BCUT2D eigenvalue weighted by Crippen LogP contribution is 2.07. The van der Waals surface area contributed by atoms with Crippen LogP contribution in [0, 0.1) is 0 Å². The maximum absolute atomic E-state index is 4.22.